The molecule has 1 rings (SSSR count). The van der Waals surface area contributed by atoms with Crippen molar-refractivity contribution in [2.75, 3.05) is 7.11 Å². The number of ether oxygens (including phenoxy) is 1. The number of carbonyl (C=O) groups is 2. The summed E-state index contributed by atoms with van der Waals surface area (Å²) in [5.74, 6) is -0.666. The number of amides is 1. The second kappa shape index (κ2) is 6.84. The van der Waals surface area contributed by atoms with Crippen LogP contribution in [0.25, 0.3) is 0 Å². The van der Waals surface area contributed by atoms with Crippen LogP contribution in [0.15, 0.2) is 24.3 Å². The van der Waals surface area contributed by atoms with Crippen LogP contribution in [0.2, 0.25) is 0 Å². The van der Waals surface area contributed by atoms with E-state index in [0.717, 1.165) is 12.0 Å². The van der Waals surface area contributed by atoms with Crippen LogP contribution in [0.5, 0.6) is 0 Å². The molecule has 5 heteroatoms. The molecule has 18 heavy (non-hydrogen) atoms. The van der Waals surface area contributed by atoms with Gasteiger partial charge < -0.3 is 10.1 Å². The molecule has 0 aromatic heterocycles. The lowest BCUT2D eigenvalue weighted by Crippen LogP contribution is -2.42. The number of benzene rings is 1. The van der Waals surface area contributed by atoms with Gasteiger partial charge in [0.15, 0.2) is 5.81 Å². The van der Waals surface area contributed by atoms with E-state index in [-0.39, 0.29) is 5.81 Å². The fourth-order valence-electron chi connectivity index (χ4n) is 1.73. The molecular formula is C13H18BNO3. The van der Waals surface area contributed by atoms with Crippen molar-refractivity contribution in [1.82, 2.24) is 5.32 Å². The van der Waals surface area contributed by atoms with Gasteiger partial charge in [0.25, 0.3) is 0 Å². The fraction of sp³-hybridized carbons (Fsp3) is 0.385. The van der Waals surface area contributed by atoms with Crippen LogP contribution < -0.4 is 5.32 Å². The summed E-state index contributed by atoms with van der Waals surface area (Å²) >= 11 is 0. The molecule has 0 fully saturated rings. The lowest BCUT2D eigenvalue weighted by atomic mass is 10.0. The summed E-state index contributed by atoms with van der Waals surface area (Å²) in [5.41, 5.74) is 2.24. The van der Waals surface area contributed by atoms with Gasteiger partial charge in [-0.25, -0.2) is 4.79 Å². The minimum Gasteiger partial charge on any atom is -0.467 e. The number of hydrogen-bond acceptors (Lipinski definition) is 3. The highest BCUT2D eigenvalue weighted by atomic mass is 16.5. The van der Waals surface area contributed by atoms with Crippen molar-refractivity contribution in [3.8, 4) is 0 Å². The predicted molar refractivity (Wildman–Crippen MR) is 72.4 cm³/mol. The molecule has 4 nitrogen and oxygen atoms in total. The van der Waals surface area contributed by atoms with Gasteiger partial charge in [-0.05, 0) is 17.5 Å². The Hall–Kier alpha value is -1.78. The van der Waals surface area contributed by atoms with Gasteiger partial charge in [0, 0.05) is 6.42 Å². The maximum absolute atomic E-state index is 11.5. The zero-order valence-electron chi connectivity index (χ0n) is 11.0. The van der Waals surface area contributed by atoms with Crippen LogP contribution in [0.4, 0.5) is 4.79 Å². The quantitative estimate of drug-likeness (QED) is 0.614. The van der Waals surface area contributed by atoms with E-state index in [1.807, 2.05) is 24.3 Å². The zero-order chi connectivity index (χ0) is 13.5. The van der Waals surface area contributed by atoms with Gasteiger partial charge in [-0.1, -0.05) is 31.2 Å². The first-order valence-electron chi connectivity index (χ1n) is 5.99. The number of carbonyl (C=O) groups excluding carboxylic acids is 2. The first kappa shape index (κ1) is 14.3. The lowest BCUT2D eigenvalue weighted by Gasteiger charge is -2.15. The van der Waals surface area contributed by atoms with Crippen LogP contribution in [-0.4, -0.2) is 32.8 Å². The SMILES string of the molecule is BC(=O)NC(Cc1ccc(CC)cc1)C(=O)OC. The Morgan fingerprint density at radius 2 is 1.83 bits per heavy atom. The monoisotopic (exact) mass is 247 g/mol. The number of nitrogens with one attached hydrogen (secondary N) is 1. The first-order valence-corrected chi connectivity index (χ1v) is 5.99. The van der Waals surface area contributed by atoms with Gasteiger partial charge in [-0.15, -0.1) is 0 Å². The lowest BCUT2D eigenvalue weighted by molar-refractivity contribution is -0.142. The van der Waals surface area contributed by atoms with Gasteiger partial charge in [0.2, 0.25) is 7.85 Å². The Morgan fingerprint density at radius 3 is 2.28 bits per heavy atom. The second-order valence-corrected chi connectivity index (χ2v) is 4.15. The molecule has 0 saturated carbocycles. The molecule has 0 heterocycles. The smallest absolute Gasteiger partial charge is 0.328 e. The van der Waals surface area contributed by atoms with E-state index in [2.05, 4.69) is 17.0 Å². The van der Waals surface area contributed by atoms with Gasteiger partial charge in [0.1, 0.15) is 6.04 Å². The van der Waals surface area contributed by atoms with Crippen LogP contribution in [0.1, 0.15) is 18.1 Å². The summed E-state index contributed by atoms with van der Waals surface area (Å²) in [4.78, 5) is 22.6. The van der Waals surface area contributed by atoms with Crippen molar-refractivity contribution in [2.45, 2.75) is 25.8 Å². The minimum atomic E-state index is -0.625. The van der Waals surface area contributed by atoms with E-state index >= 15 is 0 Å². The molecular weight excluding hydrogens is 229 g/mol. The van der Waals surface area contributed by atoms with Crippen molar-refractivity contribution in [3.63, 3.8) is 0 Å². The van der Waals surface area contributed by atoms with E-state index in [0.29, 0.717) is 6.42 Å². The predicted octanol–water partition coefficient (Wildman–Crippen LogP) is 0.676. The van der Waals surface area contributed by atoms with E-state index < -0.39 is 12.0 Å². The summed E-state index contributed by atoms with van der Waals surface area (Å²) in [6.45, 7) is 2.09. The fourth-order valence-corrected chi connectivity index (χ4v) is 1.73. The molecule has 1 N–H and O–H groups in total. The third-order valence-electron chi connectivity index (χ3n) is 2.73. The number of esters is 1. The first-order chi connectivity index (χ1) is 8.56. The molecule has 1 atom stereocenters. The highest BCUT2D eigenvalue weighted by molar-refractivity contribution is 6.57. The largest absolute Gasteiger partial charge is 0.467 e. The summed E-state index contributed by atoms with van der Waals surface area (Å²) in [7, 11) is 2.70. The van der Waals surface area contributed by atoms with Gasteiger partial charge in [0.05, 0.1) is 7.11 Å². The molecule has 0 aliphatic rings. The van der Waals surface area contributed by atoms with Crippen LogP contribution in [0, 0.1) is 0 Å². The normalized spacial score (nSPS) is 11.7. The summed E-state index contributed by atoms with van der Waals surface area (Å²) in [6, 6.07) is 7.36. The molecule has 0 spiro atoms. The molecule has 0 radical (unpaired) electrons. The second-order valence-electron chi connectivity index (χ2n) is 4.15. The molecule has 0 aliphatic carbocycles. The van der Waals surface area contributed by atoms with Crippen LogP contribution >= 0.6 is 0 Å². The van der Waals surface area contributed by atoms with Gasteiger partial charge in [-0.2, -0.15) is 0 Å². The van der Waals surface area contributed by atoms with E-state index in [1.54, 1.807) is 0 Å². The standard InChI is InChI=1S/C13H18BNO3/c1-3-9-4-6-10(7-5-9)8-11(12(16)18-2)15-13(14)17/h4-7,11H,3,8,14H2,1-2H3,(H,15,17). The average molecular weight is 247 g/mol. The molecule has 0 saturated heterocycles. The summed E-state index contributed by atoms with van der Waals surface area (Å²) in [6.07, 6.45) is 1.42. The number of hydrogen-bond donors (Lipinski definition) is 1. The molecule has 1 amide bonds. The Balaban J connectivity index is 2.75. The summed E-state index contributed by atoms with van der Waals surface area (Å²) < 4.78 is 4.68. The molecule has 1 unspecified atom stereocenters. The Labute approximate surface area is 108 Å². The average Bonchev–Trinajstić information content (AvgIpc) is 2.37. The maximum atomic E-state index is 11.5. The molecule has 1 aromatic rings. The van der Waals surface area contributed by atoms with Gasteiger partial charge in [-0.3, -0.25) is 4.79 Å². The minimum absolute atomic E-state index is 0.240. The Kier molecular flexibility index (Phi) is 5.43. The molecule has 1 aromatic carbocycles. The topological polar surface area (TPSA) is 55.4 Å². The van der Waals surface area contributed by atoms with Crippen molar-refractivity contribution < 1.29 is 14.3 Å². The zero-order valence-corrected chi connectivity index (χ0v) is 11.0. The van der Waals surface area contributed by atoms with Gasteiger partial charge >= 0.3 is 5.97 Å². The third kappa shape index (κ3) is 4.24. The Bertz CT molecular complexity index is 417. The third-order valence-corrected chi connectivity index (χ3v) is 2.73. The number of aryl methyl sites for hydroxylation is 1. The van der Waals surface area contributed by atoms with E-state index in [4.69, 9.17) is 0 Å². The summed E-state index contributed by atoms with van der Waals surface area (Å²) in [5, 5.41) is 2.59. The van der Waals surface area contributed by atoms with Crippen molar-refractivity contribution in [3.05, 3.63) is 35.4 Å². The van der Waals surface area contributed by atoms with E-state index in [9.17, 15) is 9.59 Å². The van der Waals surface area contributed by atoms with E-state index in [1.165, 1.54) is 20.5 Å². The highest BCUT2D eigenvalue weighted by Gasteiger charge is 2.20. The highest BCUT2D eigenvalue weighted by Crippen LogP contribution is 2.08. The number of rotatable bonds is 5. The molecule has 96 valence electrons. The molecule has 0 aliphatic heterocycles. The molecule has 0 bridgehead atoms. The van der Waals surface area contributed by atoms with Crippen molar-refractivity contribution in [2.24, 2.45) is 0 Å². The van der Waals surface area contributed by atoms with Crippen LogP contribution in [0.3, 0.4) is 0 Å². The van der Waals surface area contributed by atoms with Crippen molar-refractivity contribution in [1.29, 1.82) is 0 Å². The Morgan fingerprint density at radius 1 is 1.28 bits per heavy atom. The van der Waals surface area contributed by atoms with Crippen molar-refractivity contribution >= 4 is 19.6 Å². The van der Waals surface area contributed by atoms with Crippen LogP contribution in [-0.2, 0) is 22.4 Å². The number of methoxy groups -OCH3 is 1. The maximum Gasteiger partial charge on any atom is 0.328 e.